The zero-order valence-electron chi connectivity index (χ0n) is 8.55. The van der Waals surface area contributed by atoms with Crippen molar-refractivity contribution in [2.24, 2.45) is 0 Å². The van der Waals surface area contributed by atoms with Crippen LogP contribution < -0.4 is 5.73 Å². The maximum Gasteiger partial charge on any atom is 0.303 e. The molecule has 0 atom stereocenters. The molecule has 0 fully saturated rings. The fourth-order valence-corrected chi connectivity index (χ4v) is 1.47. The number of carboxylic acids is 1. The van der Waals surface area contributed by atoms with Crippen LogP contribution in [0.2, 0.25) is 0 Å². The third-order valence-corrected chi connectivity index (χ3v) is 2.17. The molecule has 1 aromatic rings. The van der Waals surface area contributed by atoms with Gasteiger partial charge in [-0.05, 0) is 18.9 Å². The number of hydrogen-bond acceptors (Lipinski definition) is 4. The Labute approximate surface area is 91.8 Å². The normalized spacial score (nSPS) is 10.0. The van der Waals surface area contributed by atoms with Crippen LogP contribution in [0.4, 0.5) is 11.4 Å². The second-order valence-electron chi connectivity index (χ2n) is 3.36. The summed E-state index contributed by atoms with van der Waals surface area (Å²) in [5.41, 5.74) is 5.97. The van der Waals surface area contributed by atoms with Crippen LogP contribution in [0, 0.1) is 10.1 Å². The molecule has 0 aromatic heterocycles. The van der Waals surface area contributed by atoms with Crippen LogP contribution in [0.25, 0.3) is 0 Å². The highest BCUT2D eigenvalue weighted by molar-refractivity contribution is 5.67. The van der Waals surface area contributed by atoms with Crippen molar-refractivity contribution in [1.82, 2.24) is 0 Å². The molecule has 0 saturated heterocycles. The Morgan fingerprint density at radius 2 is 2.19 bits per heavy atom. The molecule has 0 bridgehead atoms. The molecule has 0 unspecified atom stereocenters. The number of hydrogen-bond donors (Lipinski definition) is 2. The molecule has 6 nitrogen and oxygen atoms in total. The third-order valence-electron chi connectivity index (χ3n) is 2.17. The highest BCUT2D eigenvalue weighted by Crippen LogP contribution is 2.26. The van der Waals surface area contributed by atoms with E-state index < -0.39 is 10.9 Å². The van der Waals surface area contributed by atoms with Crippen molar-refractivity contribution in [3.05, 3.63) is 33.9 Å². The van der Waals surface area contributed by atoms with Gasteiger partial charge in [0, 0.05) is 12.0 Å². The Hall–Kier alpha value is -2.11. The largest absolute Gasteiger partial charge is 0.481 e. The molecule has 0 amide bonds. The Morgan fingerprint density at radius 3 is 2.75 bits per heavy atom. The number of para-hydroxylation sites is 1. The summed E-state index contributed by atoms with van der Waals surface area (Å²) in [5, 5.41) is 19.2. The number of nitrogen functional groups attached to an aromatic ring is 1. The molecular weight excluding hydrogens is 212 g/mol. The summed E-state index contributed by atoms with van der Waals surface area (Å²) < 4.78 is 0. The lowest BCUT2D eigenvalue weighted by atomic mass is 10.1. The summed E-state index contributed by atoms with van der Waals surface area (Å²) in [6.07, 6.45) is 0.694. The van der Waals surface area contributed by atoms with Crippen molar-refractivity contribution in [2.75, 3.05) is 5.73 Å². The minimum absolute atomic E-state index is 0.00798. The molecule has 86 valence electrons. The molecule has 0 aliphatic carbocycles. The number of nitro groups is 1. The summed E-state index contributed by atoms with van der Waals surface area (Å²) in [6.45, 7) is 0. The van der Waals surface area contributed by atoms with Crippen molar-refractivity contribution in [3.8, 4) is 0 Å². The molecule has 0 radical (unpaired) electrons. The molecule has 0 spiro atoms. The van der Waals surface area contributed by atoms with Crippen LogP contribution in [-0.4, -0.2) is 16.0 Å². The Kier molecular flexibility index (Phi) is 3.82. The van der Waals surface area contributed by atoms with Gasteiger partial charge in [0.2, 0.25) is 0 Å². The average molecular weight is 224 g/mol. The topological polar surface area (TPSA) is 106 Å². The van der Waals surface area contributed by atoms with E-state index in [9.17, 15) is 14.9 Å². The number of carboxylic acid groups (broad SMARTS) is 1. The summed E-state index contributed by atoms with van der Waals surface area (Å²) in [7, 11) is 0. The lowest BCUT2D eigenvalue weighted by Gasteiger charge is -2.03. The molecule has 16 heavy (non-hydrogen) atoms. The highest BCUT2D eigenvalue weighted by atomic mass is 16.6. The summed E-state index contributed by atoms with van der Waals surface area (Å²) in [6, 6.07) is 4.67. The van der Waals surface area contributed by atoms with E-state index in [1.54, 1.807) is 12.1 Å². The van der Waals surface area contributed by atoms with Crippen molar-refractivity contribution < 1.29 is 14.8 Å². The zero-order valence-corrected chi connectivity index (χ0v) is 8.55. The molecule has 0 heterocycles. The molecule has 3 N–H and O–H groups in total. The predicted octanol–water partition coefficient (Wildman–Crippen LogP) is 1.58. The van der Waals surface area contributed by atoms with Gasteiger partial charge >= 0.3 is 5.97 Å². The molecular formula is C10H12N2O4. The fourth-order valence-electron chi connectivity index (χ4n) is 1.47. The fraction of sp³-hybridized carbons (Fsp3) is 0.300. The highest BCUT2D eigenvalue weighted by Gasteiger charge is 2.17. The molecule has 6 heteroatoms. The molecule has 0 saturated carbocycles. The van der Waals surface area contributed by atoms with Crippen LogP contribution in [0.3, 0.4) is 0 Å². The first-order valence-electron chi connectivity index (χ1n) is 4.76. The first-order valence-corrected chi connectivity index (χ1v) is 4.76. The molecule has 0 aliphatic rings. The van der Waals surface area contributed by atoms with Gasteiger partial charge in [0.05, 0.1) is 4.92 Å². The average Bonchev–Trinajstić information content (AvgIpc) is 2.16. The Morgan fingerprint density at radius 1 is 1.50 bits per heavy atom. The number of aryl methyl sites for hydroxylation is 1. The number of nitrogens with two attached hydrogens (primary N) is 1. The van der Waals surface area contributed by atoms with Gasteiger partial charge in [-0.15, -0.1) is 0 Å². The smallest absolute Gasteiger partial charge is 0.303 e. The zero-order chi connectivity index (χ0) is 12.1. The number of nitrogens with zero attached hydrogens (tertiary/aromatic N) is 1. The van der Waals surface area contributed by atoms with E-state index in [2.05, 4.69) is 0 Å². The number of rotatable bonds is 5. The molecule has 1 rings (SSSR count). The summed E-state index contributed by atoms with van der Waals surface area (Å²) >= 11 is 0. The first kappa shape index (κ1) is 12.0. The van der Waals surface area contributed by atoms with E-state index >= 15 is 0 Å². The SMILES string of the molecule is Nc1cccc(CCCC(=O)O)c1[N+](=O)[O-]. The standard InChI is InChI=1S/C10H12N2O4/c11-8-5-1-3-7(10(8)12(15)16)4-2-6-9(13)14/h1,3,5H,2,4,6,11H2,(H,13,14). The van der Waals surface area contributed by atoms with Crippen molar-refractivity contribution in [2.45, 2.75) is 19.3 Å². The number of aliphatic carboxylic acids is 1. The van der Waals surface area contributed by atoms with Gasteiger partial charge in [-0.25, -0.2) is 0 Å². The quantitative estimate of drug-likeness (QED) is 0.448. The van der Waals surface area contributed by atoms with Crippen molar-refractivity contribution >= 4 is 17.3 Å². The minimum atomic E-state index is -0.911. The van der Waals surface area contributed by atoms with Crippen LogP contribution in [0.1, 0.15) is 18.4 Å². The lowest BCUT2D eigenvalue weighted by Crippen LogP contribution is -2.02. The van der Waals surface area contributed by atoms with E-state index in [1.807, 2.05) is 0 Å². The maximum absolute atomic E-state index is 10.7. The second kappa shape index (κ2) is 5.11. The van der Waals surface area contributed by atoms with Gasteiger partial charge in [-0.1, -0.05) is 12.1 Å². The lowest BCUT2D eigenvalue weighted by molar-refractivity contribution is -0.384. The number of nitro benzene ring substituents is 1. The van der Waals surface area contributed by atoms with Gasteiger partial charge in [0.25, 0.3) is 5.69 Å². The van der Waals surface area contributed by atoms with E-state index in [1.165, 1.54) is 6.07 Å². The first-order chi connectivity index (χ1) is 7.52. The summed E-state index contributed by atoms with van der Waals surface area (Å²) in [5.74, 6) is -0.911. The third kappa shape index (κ3) is 2.94. The summed E-state index contributed by atoms with van der Waals surface area (Å²) in [4.78, 5) is 20.5. The monoisotopic (exact) mass is 224 g/mol. The van der Waals surface area contributed by atoms with Gasteiger partial charge in [0.15, 0.2) is 0 Å². The van der Waals surface area contributed by atoms with E-state index in [-0.39, 0.29) is 17.8 Å². The van der Waals surface area contributed by atoms with Gasteiger partial charge < -0.3 is 10.8 Å². The second-order valence-corrected chi connectivity index (χ2v) is 3.36. The van der Waals surface area contributed by atoms with Crippen molar-refractivity contribution in [3.63, 3.8) is 0 Å². The van der Waals surface area contributed by atoms with E-state index in [0.29, 0.717) is 18.4 Å². The van der Waals surface area contributed by atoms with Crippen molar-refractivity contribution in [1.29, 1.82) is 0 Å². The van der Waals surface area contributed by atoms with E-state index in [4.69, 9.17) is 10.8 Å². The van der Waals surface area contributed by atoms with Crippen LogP contribution in [0.15, 0.2) is 18.2 Å². The molecule has 1 aromatic carbocycles. The molecule has 0 aliphatic heterocycles. The Bertz CT molecular complexity index is 417. The number of benzene rings is 1. The van der Waals surface area contributed by atoms with E-state index in [0.717, 1.165) is 0 Å². The number of anilines is 1. The van der Waals surface area contributed by atoms with Crippen LogP contribution in [0.5, 0.6) is 0 Å². The Balaban J connectivity index is 2.83. The van der Waals surface area contributed by atoms with Crippen LogP contribution >= 0.6 is 0 Å². The number of carbonyl (C=O) groups is 1. The predicted molar refractivity (Wildman–Crippen MR) is 58.1 cm³/mol. The van der Waals surface area contributed by atoms with Gasteiger partial charge in [-0.3, -0.25) is 14.9 Å². The van der Waals surface area contributed by atoms with Crippen LogP contribution in [-0.2, 0) is 11.2 Å². The maximum atomic E-state index is 10.7. The van der Waals surface area contributed by atoms with Gasteiger partial charge in [0.1, 0.15) is 5.69 Å². The minimum Gasteiger partial charge on any atom is -0.481 e. The van der Waals surface area contributed by atoms with Gasteiger partial charge in [-0.2, -0.15) is 0 Å².